The van der Waals surface area contributed by atoms with Gasteiger partial charge < -0.3 is 10.8 Å². The molecular weight excluding hydrogens is 188 g/mol. The molecule has 1 unspecified atom stereocenters. The first-order valence-corrected chi connectivity index (χ1v) is 4.29. The van der Waals surface area contributed by atoms with Gasteiger partial charge in [-0.3, -0.25) is 0 Å². The molecule has 0 saturated carbocycles. The molecule has 0 aliphatic rings. The predicted molar refractivity (Wildman–Crippen MR) is 49.9 cm³/mol. The first-order valence-electron chi connectivity index (χ1n) is 4.29. The highest BCUT2D eigenvalue weighted by Crippen LogP contribution is 2.23. The SMILES string of the molecule is CC(CN)(CO)c1cc(F)cc(F)c1. The van der Waals surface area contributed by atoms with E-state index in [2.05, 4.69) is 0 Å². The zero-order valence-electron chi connectivity index (χ0n) is 7.93. The normalized spacial score (nSPS) is 15.2. The second kappa shape index (κ2) is 4.02. The van der Waals surface area contributed by atoms with Gasteiger partial charge in [0.15, 0.2) is 0 Å². The molecule has 0 aliphatic heterocycles. The molecule has 0 amide bonds. The number of aliphatic hydroxyl groups excluding tert-OH is 1. The van der Waals surface area contributed by atoms with Crippen LogP contribution >= 0.6 is 0 Å². The maximum absolute atomic E-state index is 12.9. The van der Waals surface area contributed by atoms with Crippen molar-refractivity contribution >= 4 is 0 Å². The van der Waals surface area contributed by atoms with Gasteiger partial charge in [0, 0.05) is 18.0 Å². The van der Waals surface area contributed by atoms with E-state index in [1.807, 2.05) is 0 Å². The van der Waals surface area contributed by atoms with Crippen molar-refractivity contribution in [2.45, 2.75) is 12.3 Å². The molecule has 0 bridgehead atoms. The number of hydrogen-bond acceptors (Lipinski definition) is 2. The van der Waals surface area contributed by atoms with Gasteiger partial charge in [-0.25, -0.2) is 8.78 Å². The minimum absolute atomic E-state index is 0.131. The van der Waals surface area contributed by atoms with Crippen LogP contribution < -0.4 is 5.73 Å². The maximum atomic E-state index is 12.9. The Balaban J connectivity index is 3.17. The molecule has 0 spiro atoms. The van der Waals surface area contributed by atoms with E-state index in [1.54, 1.807) is 6.92 Å². The second-order valence-corrected chi connectivity index (χ2v) is 3.58. The molecule has 0 radical (unpaired) electrons. The lowest BCUT2D eigenvalue weighted by atomic mass is 9.83. The van der Waals surface area contributed by atoms with E-state index in [4.69, 9.17) is 10.8 Å². The summed E-state index contributed by atoms with van der Waals surface area (Å²) >= 11 is 0. The number of rotatable bonds is 3. The van der Waals surface area contributed by atoms with E-state index >= 15 is 0 Å². The minimum Gasteiger partial charge on any atom is -0.395 e. The smallest absolute Gasteiger partial charge is 0.126 e. The Hall–Kier alpha value is -1.00. The van der Waals surface area contributed by atoms with Gasteiger partial charge in [0.25, 0.3) is 0 Å². The third-order valence-electron chi connectivity index (χ3n) is 2.36. The molecule has 78 valence electrons. The monoisotopic (exact) mass is 201 g/mol. The Morgan fingerprint density at radius 1 is 1.29 bits per heavy atom. The average molecular weight is 201 g/mol. The zero-order valence-corrected chi connectivity index (χ0v) is 7.93. The molecule has 0 saturated heterocycles. The average Bonchev–Trinajstić information content (AvgIpc) is 2.15. The zero-order chi connectivity index (χ0) is 10.8. The van der Waals surface area contributed by atoms with E-state index in [-0.39, 0.29) is 13.2 Å². The lowest BCUT2D eigenvalue weighted by Gasteiger charge is -2.25. The Bertz CT molecular complexity index is 304. The van der Waals surface area contributed by atoms with Crippen LogP contribution in [0.1, 0.15) is 12.5 Å². The van der Waals surface area contributed by atoms with Crippen LogP contribution in [0.15, 0.2) is 18.2 Å². The summed E-state index contributed by atoms with van der Waals surface area (Å²) in [6.45, 7) is 1.54. The summed E-state index contributed by atoms with van der Waals surface area (Å²) in [4.78, 5) is 0. The number of hydrogen-bond donors (Lipinski definition) is 2. The third kappa shape index (κ3) is 2.08. The standard InChI is InChI=1S/C10H13F2NO/c1-10(5-13,6-14)7-2-8(11)4-9(12)3-7/h2-4,14H,5-6,13H2,1H3. The van der Waals surface area contributed by atoms with Crippen molar-refractivity contribution in [2.75, 3.05) is 13.2 Å². The fourth-order valence-corrected chi connectivity index (χ4v) is 1.18. The van der Waals surface area contributed by atoms with Crippen molar-refractivity contribution < 1.29 is 13.9 Å². The van der Waals surface area contributed by atoms with Crippen LogP contribution in [0.2, 0.25) is 0 Å². The van der Waals surface area contributed by atoms with Crippen molar-refractivity contribution in [2.24, 2.45) is 5.73 Å². The van der Waals surface area contributed by atoms with E-state index in [0.29, 0.717) is 5.56 Å². The predicted octanol–water partition coefficient (Wildman–Crippen LogP) is 1.17. The fourth-order valence-electron chi connectivity index (χ4n) is 1.18. The lowest BCUT2D eigenvalue weighted by Crippen LogP contribution is -2.35. The van der Waals surface area contributed by atoms with Gasteiger partial charge in [-0.15, -0.1) is 0 Å². The van der Waals surface area contributed by atoms with Crippen LogP contribution in [0.25, 0.3) is 0 Å². The van der Waals surface area contributed by atoms with Crippen LogP contribution in [0.3, 0.4) is 0 Å². The van der Waals surface area contributed by atoms with Gasteiger partial charge in [-0.2, -0.15) is 0 Å². The molecular formula is C10H13F2NO. The van der Waals surface area contributed by atoms with Gasteiger partial charge in [0.2, 0.25) is 0 Å². The first kappa shape index (κ1) is 11.1. The van der Waals surface area contributed by atoms with Gasteiger partial charge in [0.05, 0.1) is 6.61 Å². The van der Waals surface area contributed by atoms with E-state index in [0.717, 1.165) is 6.07 Å². The Morgan fingerprint density at radius 3 is 2.14 bits per heavy atom. The molecule has 2 nitrogen and oxygen atoms in total. The molecule has 0 heterocycles. The fraction of sp³-hybridized carbons (Fsp3) is 0.400. The molecule has 3 N–H and O–H groups in total. The van der Waals surface area contributed by atoms with Gasteiger partial charge in [0.1, 0.15) is 11.6 Å². The van der Waals surface area contributed by atoms with Crippen molar-refractivity contribution in [1.29, 1.82) is 0 Å². The van der Waals surface area contributed by atoms with Crippen molar-refractivity contribution in [3.05, 3.63) is 35.4 Å². The molecule has 4 heteroatoms. The molecule has 0 fully saturated rings. The van der Waals surface area contributed by atoms with E-state index in [9.17, 15) is 8.78 Å². The quantitative estimate of drug-likeness (QED) is 0.771. The van der Waals surface area contributed by atoms with Gasteiger partial charge in [-0.1, -0.05) is 6.92 Å². The molecule has 0 aliphatic carbocycles. The minimum atomic E-state index is -0.789. The van der Waals surface area contributed by atoms with E-state index in [1.165, 1.54) is 12.1 Å². The van der Waals surface area contributed by atoms with Crippen LogP contribution in [0.5, 0.6) is 0 Å². The Morgan fingerprint density at radius 2 is 1.79 bits per heavy atom. The molecule has 14 heavy (non-hydrogen) atoms. The third-order valence-corrected chi connectivity index (χ3v) is 2.36. The Kier molecular flexibility index (Phi) is 3.18. The summed E-state index contributed by atoms with van der Waals surface area (Å²) in [6.07, 6.45) is 0. The number of aliphatic hydroxyl groups is 1. The van der Waals surface area contributed by atoms with Crippen molar-refractivity contribution in [3.63, 3.8) is 0 Å². The van der Waals surface area contributed by atoms with Crippen LogP contribution in [-0.2, 0) is 5.41 Å². The largest absolute Gasteiger partial charge is 0.395 e. The van der Waals surface area contributed by atoms with Crippen molar-refractivity contribution in [1.82, 2.24) is 0 Å². The Labute approximate surface area is 81.4 Å². The van der Waals surface area contributed by atoms with Crippen LogP contribution in [0.4, 0.5) is 8.78 Å². The second-order valence-electron chi connectivity index (χ2n) is 3.58. The van der Waals surface area contributed by atoms with Gasteiger partial charge in [-0.05, 0) is 17.7 Å². The maximum Gasteiger partial charge on any atom is 0.126 e. The van der Waals surface area contributed by atoms with Gasteiger partial charge >= 0.3 is 0 Å². The lowest BCUT2D eigenvalue weighted by molar-refractivity contribution is 0.209. The first-order chi connectivity index (χ1) is 6.51. The molecule has 0 aromatic heterocycles. The number of benzene rings is 1. The summed E-state index contributed by atoms with van der Waals surface area (Å²) in [5.41, 5.74) is 5.03. The highest BCUT2D eigenvalue weighted by atomic mass is 19.1. The summed E-state index contributed by atoms with van der Waals surface area (Å²) in [5.74, 6) is -1.32. The number of halogens is 2. The summed E-state index contributed by atoms with van der Waals surface area (Å²) < 4.78 is 25.7. The summed E-state index contributed by atoms with van der Waals surface area (Å²) in [5, 5.41) is 9.10. The van der Waals surface area contributed by atoms with Crippen LogP contribution in [0, 0.1) is 11.6 Å². The topological polar surface area (TPSA) is 46.2 Å². The van der Waals surface area contributed by atoms with Crippen LogP contribution in [-0.4, -0.2) is 18.3 Å². The molecule has 1 aromatic carbocycles. The van der Waals surface area contributed by atoms with E-state index < -0.39 is 17.0 Å². The van der Waals surface area contributed by atoms with Crippen molar-refractivity contribution in [3.8, 4) is 0 Å². The molecule has 1 rings (SSSR count). The molecule has 1 aromatic rings. The number of nitrogens with two attached hydrogens (primary N) is 1. The summed E-state index contributed by atoms with van der Waals surface area (Å²) in [7, 11) is 0. The highest BCUT2D eigenvalue weighted by molar-refractivity contribution is 5.26. The highest BCUT2D eigenvalue weighted by Gasteiger charge is 2.25. The summed E-state index contributed by atoms with van der Waals surface area (Å²) in [6, 6.07) is 3.16. The molecule has 1 atom stereocenters.